The molecule has 2 atom stereocenters. The van der Waals surface area contributed by atoms with Crippen LogP contribution in [0.2, 0.25) is 0 Å². The van der Waals surface area contributed by atoms with Crippen LogP contribution >= 0.6 is 0 Å². The molecule has 3 heterocycles. The van der Waals surface area contributed by atoms with Crippen molar-refractivity contribution in [2.75, 3.05) is 6.54 Å². The molecular formula is C21H26N4O. The third kappa shape index (κ3) is 3.24. The van der Waals surface area contributed by atoms with Crippen LogP contribution < -0.4 is 0 Å². The van der Waals surface area contributed by atoms with Crippen LogP contribution in [0.15, 0.2) is 42.7 Å². The zero-order valence-corrected chi connectivity index (χ0v) is 15.5. The van der Waals surface area contributed by atoms with Crippen LogP contribution in [-0.4, -0.2) is 37.4 Å². The van der Waals surface area contributed by atoms with E-state index in [1.54, 1.807) is 0 Å². The predicted octanol–water partition coefficient (Wildman–Crippen LogP) is 3.65. The lowest BCUT2D eigenvalue weighted by Gasteiger charge is -2.20. The molecule has 1 aliphatic heterocycles. The molecule has 1 aromatic carbocycles. The molecule has 0 spiro atoms. The number of hydrogen-bond donors (Lipinski definition) is 1. The van der Waals surface area contributed by atoms with Crippen molar-refractivity contribution in [3.05, 3.63) is 53.9 Å². The molecule has 0 saturated carbocycles. The average Bonchev–Trinajstić information content (AvgIpc) is 3.16. The highest BCUT2D eigenvalue weighted by atomic mass is 16.3. The minimum absolute atomic E-state index is 0.379. The third-order valence-corrected chi connectivity index (χ3v) is 5.26. The summed E-state index contributed by atoms with van der Waals surface area (Å²) in [6.07, 6.45) is 6.72. The molecular weight excluding hydrogens is 324 g/mol. The van der Waals surface area contributed by atoms with Gasteiger partial charge in [-0.3, -0.25) is 4.90 Å². The molecule has 136 valence electrons. The zero-order chi connectivity index (χ0) is 18.1. The van der Waals surface area contributed by atoms with Crippen LogP contribution in [0.25, 0.3) is 16.9 Å². The van der Waals surface area contributed by atoms with E-state index in [1.807, 2.05) is 42.0 Å². The summed E-state index contributed by atoms with van der Waals surface area (Å²) in [5.74, 6) is 0.576. The molecule has 3 aromatic rings. The lowest BCUT2D eigenvalue weighted by molar-refractivity contribution is 0.0331. The Hall–Kier alpha value is -2.24. The fourth-order valence-corrected chi connectivity index (χ4v) is 4.01. The lowest BCUT2D eigenvalue weighted by atomic mass is 10.0. The Kier molecular flexibility index (Phi) is 4.74. The Balaban J connectivity index is 1.73. The van der Waals surface area contributed by atoms with Gasteiger partial charge >= 0.3 is 0 Å². The second-order valence-electron chi connectivity index (χ2n) is 7.39. The fourth-order valence-electron chi connectivity index (χ4n) is 4.01. The Bertz CT molecular complexity index is 890. The molecule has 0 bridgehead atoms. The predicted molar refractivity (Wildman–Crippen MR) is 103 cm³/mol. The van der Waals surface area contributed by atoms with Gasteiger partial charge in [0.25, 0.3) is 0 Å². The number of benzene rings is 1. The zero-order valence-electron chi connectivity index (χ0n) is 15.5. The van der Waals surface area contributed by atoms with Gasteiger partial charge in [-0.1, -0.05) is 43.7 Å². The summed E-state index contributed by atoms with van der Waals surface area (Å²) in [6, 6.07) is 10.2. The monoisotopic (exact) mass is 350 g/mol. The third-order valence-electron chi connectivity index (χ3n) is 5.26. The number of hydrogen-bond acceptors (Lipinski definition) is 4. The van der Waals surface area contributed by atoms with E-state index in [-0.39, 0.29) is 6.23 Å². The standard InChI is InChI=1S/C21H26N4O/c1-3-7-16-10-19(26)24(13-16)14-18-20(17-8-5-4-6-9-17)23-25-12-15(2)11-22-21(18)25/h4-6,8-9,11-12,16,19,26H,3,7,10,13-14H2,1-2H3. The number of aromatic nitrogens is 3. The number of aryl methyl sites for hydroxylation is 1. The topological polar surface area (TPSA) is 53.7 Å². The van der Waals surface area contributed by atoms with E-state index in [0.29, 0.717) is 12.5 Å². The first-order chi connectivity index (χ1) is 12.7. The summed E-state index contributed by atoms with van der Waals surface area (Å²) in [5, 5.41) is 15.4. The smallest absolute Gasteiger partial charge is 0.160 e. The van der Waals surface area contributed by atoms with E-state index in [9.17, 15) is 5.11 Å². The second-order valence-corrected chi connectivity index (χ2v) is 7.39. The van der Waals surface area contributed by atoms with Crippen molar-refractivity contribution < 1.29 is 5.11 Å². The van der Waals surface area contributed by atoms with E-state index in [0.717, 1.165) is 47.4 Å². The highest BCUT2D eigenvalue weighted by Gasteiger charge is 2.31. The number of aliphatic hydroxyl groups is 1. The van der Waals surface area contributed by atoms with Gasteiger partial charge in [0, 0.05) is 36.6 Å². The van der Waals surface area contributed by atoms with E-state index in [2.05, 4.69) is 28.9 Å². The Labute approximate surface area is 154 Å². The van der Waals surface area contributed by atoms with Crippen molar-refractivity contribution >= 4 is 5.65 Å². The minimum Gasteiger partial charge on any atom is -0.378 e. The van der Waals surface area contributed by atoms with Crippen molar-refractivity contribution in [3.63, 3.8) is 0 Å². The summed E-state index contributed by atoms with van der Waals surface area (Å²) in [6.45, 7) is 5.84. The van der Waals surface area contributed by atoms with Crippen molar-refractivity contribution in [2.45, 2.75) is 45.9 Å². The Morgan fingerprint density at radius 2 is 2.04 bits per heavy atom. The van der Waals surface area contributed by atoms with Crippen molar-refractivity contribution in [3.8, 4) is 11.3 Å². The molecule has 2 unspecified atom stereocenters. The van der Waals surface area contributed by atoms with Crippen LogP contribution in [0.4, 0.5) is 0 Å². The lowest BCUT2D eigenvalue weighted by Crippen LogP contribution is -2.28. The highest BCUT2D eigenvalue weighted by molar-refractivity contribution is 5.70. The molecule has 1 saturated heterocycles. The van der Waals surface area contributed by atoms with Crippen molar-refractivity contribution in [1.29, 1.82) is 0 Å². The molecule has 26 heavy (non-hydrogen) atoms. The summed E-state index contributed by atoms with van der Waals surface area (Å²) in [7, 11) is 0. The normalized spacial score (nSPS) is 20.9. The molecule has 1 N–H and O–H groups in total. The number of nitrogens with zero attached hydrogens (tertiary/aromatic N) is 4. The average molecular weight is 350 g/mol. The summed E-state index contributed by atoms with van der Waals surface area (Å²) in [5.41, 5.74) is 5.09. The maximum Gasteiger partial charge on any atom is 0.160 e. The second kappa shape index (κ2) is 7.17. The van der Waals surface area contributed by atoms with Crippen molar-refractivity contribution in [2.24, 2.45) is 5.92 Å². The number of fused-ring (bicyclic) bond motifs is 1. The van der Waals surface area contributed by atoms with Gasteiger partial charge in [0.15, 0.2) is 5.65 Å². The van der Waals surface area contributed by atoms with Gasteiger partial charge in [0.2, 0.25) is 0 Å². The molecule has 1 aliphatic rings. The summed E-state index contributed by atoms with van der Waals surface area (Å²) in [4.78, 5) is 6.81. The number of likely N-dealkylation sites (tertiary alicyclic amines) is 1. The largest absolute Gasteiger partial charge is 0.378 e. The summed E-state index contributed by atoms with van der Waals surface area (Å²) < 4.78 is 1.87. The van der Waals surface area contributed by atoms with Gasteiger partial charge in [0.05, 0.1) is 5.69 Å². The van der Waals surface area contributed by atoms with E-state index >= 15 is 0 Å². The molecule has 4 rings (SSSR count). The van der Waals surface area contributed by atoms with Gasteiger partial charge < -0.3 is 5.11 Å². The quantitative estimate of drug-likeness (QED) is 0.763. The van der Waals surface area contributed by atoms with Crippen LogP contribution in [0, 0.1) is 12.8 Å². The maximum absolute atomic E-state index is 10.5. The van der Waals surface area contributed by atoms with Gasteiger partial charge in [-0.25, -0.2) is 9.50 Å². The first-order valence-corrected chi connectivity index (χ1v) is 9.47. The van der Waals surface area contributed by atoms with Crippen molar-refractivity contribution in [1.82, 2.24) is 19.5 Å². The molecule has 0 amide bonds. The molecule has 0 radical (unpaired) electrons. The van der Waals surface area contributed by atoms with Crippen LogP contribution in [0.3, 0.4) is 0 Å². The molecule has 2 aromatic heterocycles. The molecule has 0 aliphatic carbocycles. The number of rotatable bonds is 5. The van der Waals surface area contributed by atoms with Gasteiger partial charge in [-0.15, -0.1) is 0 Å². The fraction of sp³-hybridized carbons (Fsp3) is 0.429. The Morgan fingerprint density at radius 1 is 1.23 bits per heavy atom. The highest BCUT2D eigenvalue weighted by Crippen LogP contribution is 2.31. The minimum atomic E-state index is -0.379. The summed E-state index contributed by atoms with van der Waals surface area (Å²) >= 11 is 0. The first-order valence-electron chi connectivity index (χ1n) is 9.47. The first kappa shape index (κ1) is 17.2. The molecule has 1 fully saturated rings. The van der Waals surface area contributed by atoms with E-state index in [4.69, 9.17) is 5.10 Å². The Morgan fingerprint density at radius 3 is 2.81 bits per heavy atom. The van der Waals surface area contributed by atoms with Crippen LogP contribution in [0.1, 0.15) is 37.3 Å². The van der Waals surface area contributed by atoms with E-state index < -0.39 is 0 Å². The molecule has 5 nitrogen and oxygen atoms in total. The van der Waals surface area contributed by atoms with Gasteiger partial charge in [0.1, 0.15) is 6.23 Å². The SMILES string of the molecule is CCCC1CC(O)N(Cc2c(-c3ccccc3)nn3cc(C)cnc23)C1. The maximum atomic E-state index is 10.5. The molecule has 5 heteroatoms. The van der Waals surface area contributed by atoms with Gasteiger partial charge in [-0.2, -0.15) is 5.10 Å². The van der Waals surface area contributed by atoms with Crippen LogP contribution in [0.5, 0.6) is 0 Å². The van der Waals surface area contributed by atoms with Crippen LogP contribution in [-0.2, 0) is 6.54 Å². The van der Waals surface area contributed by atoms with Gasteiger partial charge in [-0.05, 0) is 31.2 Å². The number of aliphatic hydroxyl groups excluding tert-OH is 1. The van der Waals surface area contributed by atoms with E-state index in [1.165, 1.54) is 6.42 Å².